The molecular weight excluding hydrogens is 128 g/mol. The van der Waals surface area contributed by atoms with Crippen LogP contribution in [0, 0.1) is 0 Å². The maximum absolute atomic E-state index is 2.07. The molecule has 1 saturated heterocycles. The zero-order valence-electron chi connectivity index (χ0n) is 6.39. The molecule has 0 saturated carbocycles. The van der Waals surface area contributed by atoms with Crippen molar-refractivity contribution >= 4 is 11.8 Å². The second-order valence-electron chi connectivity index (χ2n) is 1.99. The van der Waals surface area contributed by atoms with Gasteiger partial charge in [0.15, 0.2) is 0 Å². The number of allylic oxidation sites excluding steroid dienone is 2. The lowest BCUT2D eigenvalue weighted by atomic mass is 10.4. The van der Waals surface area contributed by atoms with Gasteiger partial charge in [0.1, 0.15) is 0 Å². The molecule has 1 rings (SSSR count). The molecule has 0 atom stereocenters. The summed E-state index contributed by atoms with van der Waals surface area (Å²) in [6, 6.07) is 0. The summed E-state index contributed by atoms with van der Waals surface area (Å²) in [5, 5.41) is 0. The fourth-order valence-corrected chi connectivity index (χ4v) is 1.53. The molecule has 0 aromatic heterocycles. The molecule has 0 amide bonds. The van der Waals surface area contributed by atoms with E-state index in [2.05, 4.69) is 11.8 Å². The highest BCUT2D eigenvalue weighted by atomic mass is 32.2. The maximum Gasteiger partial charge on any atom is -0.00672 e. The minimum absolute atomic E-state index is 1.42. The fourth-order valence-electron chi connectivity index (χ4n) is 0.510. The van der Waals surface area contributed by atoms with Crippen LogP contribution < -0.4 is 0 Å². The summed E-state index contributed by atoms with van der Waals surface area (Å²) in [4.78, 5) is 0. The van der Waals surface area contributed by atoms with E-state index < -0.39 is 0 Å². The van der Waals surface area contributed by atoms with E-state index in [1.807, 2.05) is 26.0 Å². The predicted molar refractivity (Wildman–Crippen MR) is 47.0 cm³/mol. The Balaban J connectivity index is 0.000000148. The van der Waals surface area contributed by atoms with Gasteiger partial charge < -0.3 is 0 Å². The van der Waals surface area contributed by atoms with Crippen molar-refractivity contribution < 1.29 is 0 Å². The first-order valence-corrected chi connectivity index (χ1v) is 4.72. The van der Waals surface area contributed by atoms with Gasteiger partial charge in [0.2, 0.25) is 0 Å². The van der Waals surface area contributed by atoms with Gasteiger partial charge in [-0.1, -0.05) is 12.2 Å². The largest absolute Gasteiger partial charge is 0.162 e. The summed E-state index contributed by atoms with van der Waals surface area (Å²) >= 11 is 2.07. The lowest BCUT2D eigenvalue weighted by Crippen LogP contribution is -1.58. The molecule has 1 heterocycles. The molecule has 0 aromatic rings. The predicted octanol–water partition coefficient (Wildman–Crippen LogP) is 3.10. The Hall–Kier alpha value is 0.0900. The third-order valence-corrected chi connectivity index (χ3v) is 2.32. The van der Waals surface area contributed by atoms with E-state index in [1.54, 1.807) is 0 Å². The average molecular weight is 144 g/mol. The molecule has 9 heavy (non-hydrogen) atoms. The van der Waals surface area contributed by atoms with Gasteiger partial charge in [-0.05, 0) is 38.2 Å². The SMILES string of the molecule is C/C=C/C.C1CCSC1. The van der Waals surface area contributed by atoms with Crippen LogP contribution in [-0.4, -0.2) is 11.5 Å². The van der Waals surface area contributed by atoms with Gasteiger partial charge in [0, 0.05) is 0 Å². The molecule has 0 aromatic carbocycles. The Kier molecular flexibility index (Phi) is 8.17. The molecular formula is C8H16S. The van der Waals surface area contributed by atoms with Crippen LogP contribution in [0.2, 0.25) is 0 Å². The van der Waals surface area contributed by atoms with Crippen LogP contribution in [-0.2, 0) is 0 Å². The van der Waals surface area contributed by atoms with Gasteiger partial charge in [0.25, 0.3) is 0 Å². The van der Waals surface area contributed by atoms with E-state index in [9.17, 15) is 0 Å². The normalized spacial score (nSPS) is 17.6. The van der Waals surface area contributed by atoms with Gasteiger partial charge in [0.05, 0.1) is 0 Å². The molecule has 0 bridgehead atoms. The quantitative estimate of drug-likeness (QED) is 0.471. The highest BCUT2D eigenvalue weighted by Gasteiger charge is 1.95. The summed E-state index contributed by atoms with van der Waals surface area (Å²) in [6.07, 6.45) is 6.93. The second-order valence-corrected chi connectivity index (χ2v) is 3.21. The summed E-state index contributed by atoms with van der Waals surface area (Å²) in [5.74, 6) is 2.83. The van der Waals surface area contributed by atoms with Crippen LogP contribution in [0.4, 0.5) is 0 Å². The molecule has 0 aliphatic carbocycles. The Labute approximate surface area is 62.7 Å². The molecule has 1 heteroatoms. The van der Waals surface area contributed by atoms with Crippen molar-refractivity contribution in [1.29, 1.82) is 0 Å². The van der Waals surface area contributed by atoms with Crippen molar-refractivity contribution in [2.24, 2.45) is 0 Å². The van der Waals surface area contributed by atoms with Gasteiger partial charge in [-0.2, -0.15) is 11.8 Å². The Morgan fingerprint density at radius 1 is 1.00 bits per heavy atom. The molecule has 0 spiro atoms. The summed E-state index contributed by atoms with van der Waals surface area (Å²) in [6.45, 7) is 4.00. The second kappa shape index (κ2) is 8.09. The highest BCUT2D eigenvalue weighted by Crippen LogP contribution is 2.14. The molecule has 1 aliphatic rings. The number of hydrogen-bond donors (Lipinski definition) is 0. The van der Waals surface area contributed by atoms with Gasteiger partial charge in [-0.25, -0.2) is 0 Å². The van der Waals surface area contributed by atoms with Crippen LogP contribution in [0.1, 0.15) is 26.7 Å². The molecule has 1 aliphatic heterocycles. The lowest BCUT2D eigenvalue weighted by Gasteiger charge is -1.69. The van der Waals surface area contributed by atoms with E-state index in [0.29, 0.717) is 0 Å². The number of rotatable bonds is 0. The van der Waals surface area contributed by atoms with Crippen molar-refractivity contribution in [2.75, 3.05) is 11.5 Å². The van der Waals surface area contributed by atoms with Crippen LogP contribution in [0.3, 0.4) is 0 Å². The molecule has 54 valence electrons. The minimum Gasteiger partial charge on any atom is -0.162 e. The van der Waals surface area contributed by atoms with E-state index >= 15 is 0 Å². The Bertz CT molecular complexity index is 51.4. The van der Waals surface area contributed by atoms with Crippen LogP contribution >= 0.6 is 11.8 Å². The smallest absolute Gasteiger partial charge is 0.00672 e. The van der Waals surface area contributed by atoms with Gasteiger partial charge in [-0.3, -0.25) is 0 Å². The van der Waals surface area contributed by atoms with E-state index in [1.165, 1.54) is 24.3 Å². The van der Waals surface area contributed by atoms with Crippen molar-refractivity contribution in [3.8, 4) is 0 Å². The van der Waals surface area contributed by atoms with Gasteiger partial charge in [-0.15, -0.1) is 0 Å². The standard InChI is InChI=1S/C4H8S.C4H8/c1-2-4-5-3-1;1-3-4-2/h1-4H2;3-4H,1-2H3/b;4-3+. The summed E-state index contributed by atoms with van der Waals surface area (Å²) < 4.78 is 0. The lowest BCUT2D eigenvalue weighted by molar-refractivity contribution is 0.949. The van der Waals surface area contributed by atoms with Crippen LogP contribution in [0.15, 0.2) is 12.2 Å². The summed E-state index contributed by atoms with van der Waals surface area (Å²) in [7, 11) is 0. The Morgan fingerprint density at radius 3 is 1.56 bits per heavy atom. The monoisotopic (exact) mass is 144 g/mol. The van der Waals surface area contributed by atoms with Crippen molar-refractivity contribution in [3.05, 3.63) is 12.2 Å². The zero-order chi connectivity index (χ0) is 6.95. The molecule has 0 N–H and O–H groups in total. The fraction of sp³-hybridized carbons (Fsp3) is 0.750. The van der Waals surface area contributed by atoms with E-state index in [4.69, 9.17) is 0 Å². The highest BCUT2D eigenvalue weighted by molar-refractivity contribution is 7.99. The van der Waals surface area contributed by atoms with E-state index in [-0.39, 0.29) is 0 Å². The third-order valence-electron chi connectivity index (χ3n) is 1.16. The van der Waals surface area contributed by atoms with Crippen molar-refractivity contribution in [2.45, 2.75) is 26.7 Å². The first kappa shape index (κ1) is 9.09. The number of hydrogen-bond acceptors (Lipinski definition) is 1. The first-order chi connectivity index (χ1) is 4.41. The number of thioether (sulfide) groups is 1. The molecule has 0 radical (unpaired) electrons. The van der Waals surface area contributed by atoms with Crippen LogP contribution in [0.25, 0.3) is 0 Å². The average Bonchev–Trinajstić information content (AvgIpc) is 2.43. The third kappa shape index (κ3) is 8.09. The minimum atomic E-state index is 1.42. The van der Waals surface area contributed by atoms with Gasteiger partial charge >= 0.3 is 0 Å². The van der Waals surface area contributed by atoms with Crippen LogP contribution in [0.5, 0.6) is 0 Å². The molecule has 0 nitrogen and oxygen atoms in total. The van der Waals surface area contributed by atoms with E-state index in [0.717, 1.165) is 0 Å². The Morgan fingerprint density at radius 2 is 1.44 bits per heavy atom. The first-order valence-electron chi connectivity index (χ1n) is 3.57. The molecule has 0 unspecified atom stereocenters. The van der Waals surface area contributed by atoms with Crippen molar-refractivity contribution in [1.82, 2.24) is 0 Å². The topological polar surface area (TPSA) is 0 Å². The zero-order valence-corrected chi connectivity index (χ0v) is 7.21. The van der Waals surface area contributed by atoms with Crippen molar-refractivity contribution in [3.63, 3.8) is 0 Å². The molecule has 1 fully saturated rings. The summed E-state index contributed by atoms with van der Waals surface area (Å²) in [5.41, 5.74) is 0. The maximum atomic E-state index is 2.07.